The summed E-state index contributed by atoms with van der Waals surface area (Å²) in [6, 6.07) is 5.52. The van der Waals surface area contributed by atoms with Crippen LogP contribution in [0.25, 0.3) is 0 Å². The first-order valence-corrected chi connectivity index (χ1v) is 10.2. The third-order valence-corrected chi connectivity index (χ3v) is 4.45. The van der Waals surface area contributed by atoms with Crippen molar-refractivity contribution in [2.75, 3.05) is 19.7 Å². The predicted octanol–water partition coefficient (Wildman–Crippen LogP) is -3.23. The van der Waals surface area contributed by atoms with Crippen LogP contribution in [0.5, 0.6) is 0 Å². The van der Waals surface area contributed by atoms with Crippen LogP contribution in [0.4, 0.5) is 0 Å². The van der Waals surface area contributed by atoms with E-state index >= 15 is 0 Å². The maximum Gasteiger partial charge on any atom is 0.326 e. The van der Waals surface area contributed by atoms with E-state index in [1.54, 1.807) is 0 Å². The zero-order chi connectivity index (χ0) is 24.8. The van der Waals surface area contributed by atoms with Crippen LogP contribution in [0.1, 0.15) is 18.4 Å². The molecule has 1 aromatic carbocycles. The summed E-state index contributed by atoms with van der Waals surface area (Å²) in [7, 11) is 0. The fourth-order valence-electron chi connectivity index (χ4n) is 2.73. The molecule has 33 heavy (non-hydrogen) atoms. The van der Waals surface area contributed by atoms with E-state index in [2.05, 4.69) is 20.9 Å². The molecule has 13 heteroatoms. The number of guanidine groups is 1. The number of rotatable bonds is 14. The Morgan fingerprint density at radius 3 is 2.24 bits per heavy atom. The molecule has 0 saturated heterocycles. The number of aliphatic hydroxyl groups excluding tert-OH is 1. The Morgan fingerprint density at radius 2 is 1.67 bits per heavy atom. The van der Waals surface area contributed by atoms with Gasteiger partial charge in [0.25, 0.3) is 0 Å². The van der Waals surface area contributed by atoms with E-state index in [-0.39, 0.29) is 31.8 Å². The summed E-state index contributed by atoms with van der Waals surface area (Å²) in [5.41, 5.74) is 17.1. The molecule has 0 heterocycles. The van der Waals surface area contributed by atoms with Gasteiger partial charge in [-0.3, -0.25) is 19.4 Å². The molecule has 0 aromatic heterocycles. The molecule has 0 aliphatic rings. The zero-order valence-electron chi connectivity index (χ0n) is 18.1. The number of nitrogens with one attached hydrogen (secondary N) is 3. The van der Waals surface area contributed by atoms with Crippen LogP contribution in [-0.2, 0) is 25.6 Å². The Balaban J connectivity index is 2.50. The number of nitrogens with two attached hydrogens (primary N) is 3. The average molecular weight is 466 g/mol. The molecule has 11 N–H and O–H groups in total. The molecule has 0 radical (unpaired) electrons. The summed E-state index contributed by atoms with van der Waals surface area (Å²) in [4.78, 5) is 51.6. The monoisotopic (exact) mass is 465 g/mol. The minimum Gasteiger partial charge on any atom is -0.480 e. The SMILES string of the molecule is NC(N)=NCCCC(NC(=O)C(CO)NC(=O)CNC(=O)C(N)Cc1ccccc1)C(=O)O. The number of aliphatic carboxylic acids is 1. The van der Waals surface area contributed by atoms with Crippen LogP contribution < -0.4 is 33.2 Å². The Labute approximate surface area is 190 Å². The molecule has 0 aliphatic carbocycles. The van der Waals surface area contributed by atoms with Crippen LogP contribution in [0.15, 0.2) is 35.3 Å². The Morgan fingerprint density at radius 1 is 1.00 bits per heavy atom. The van der Waals surface area contributed by atoms with Crippen molar-refractivity contribution >= 4 is 29.7 Å². The van der Waals surface area contributed by atoms with Gasteiger partial charge in [0.1, 0.15) is 12.1 Å². The fourth-order valence-corrected chi connectivity index (χ4v) is 2.73. The van der Waals surface area contributed by atoms with Gasteiger partial charge in [-0.2, -0.15) is 0 Å². The van der Waals surface area contributed by atoms with E-state index in [0.717, 1.165) is 5.56 Å². The Kier molecular flexibility index (Phi) is 11.9. The number of carbonyl (C=O) groups is 4. The van der Waals surface area contributed by atoms with E-state index in [4.69, 9.17) is 17.2 Å². The summed E-state index contributed by atoms with van der Waals surface area (Å²) >= 11 is 0. The molecule has 3 atom stereocenters. The van der Waals surface area contributed by atoms with E-state index in [1.165, 1.54) is 0 Å². The number of aliphatic imine (C=N–C) groups is 1. The van der Waals surface area contributed by atoms with E-state index in [9.17, 15) is 29.4 Å². The molecule has 0 spiro atoms. The second-order valence-electron chi connectivity index (χ2n) is 7.16. The van der Waals surface area contributed by atoms with Gasteiger partial charge in [-0.05, 0) is 24.8 Å². The van der Waals surface area contributed by atoms with Crippen molar-refractivity contribution < 1.29 is 29.4 Å². The van der Waals surface area contributed by atoms with Gasteiger partial charge in [0.15, 0.2) is 5.96 Å². The minimum atomic E-state index is -1.41. The maximum absolute atomic E-state index is 12.3. The molecular formula is C20H31N7O6. The predicted molar refractivity (Wildman–Crippen MR) is 120 cm³/mol. The standard InChI is InChI=1S/C20H31N7O6/c21-13(9-12-5-2-1-3-6-12)17(30)25-10-16(29)26-15(11-28)18(31)27-14(19(32)33)7-4-8-24-20(22)23/h1-3,5-6,13-15,28H,4,7-11,21H2,(H,25,30)(H,26,29)(H,27,31)(H,32,33)(H4,22,23,24). The number of aliphatic hydroxyl groups is 1. The average Bonchev–Trinajstić information content (AvgIpc) is 2.77. The summed E-state index contributed by atoms with van der Waals surface area (Å²) < 4.78 is 0. The molecule has 182 valence electrons. The zero-order valence-corrected chi connectivity index (χ0v) is 18.1. The van der Waals surface area contributed by atoms with Gasteiger partial charge in [0.05, 0.1) is 19.2 Å². The first-order valence-electron chi connectivity index (χ1n) is 10.2. The third-order valence-electron chi connectivity index (χ3n) is 4.45. The normalized spacial score (nSPS) is 13.2. The molecule has 13 nitrogen and oxygen atoms in total. The lowest BCUT2D eigenvalue weighted by Gasteiger charge is -2.20. The molecule has 3 unspecified atom stereocenters. The lowest BCUT2D eigenvalue weighted by molar-refractivity contribution is -0.142. The number of hydrogen-bond donors (Lipinski definition) is 8. The Hall–Kier alpha value is -3.71. The molecule has 1 aromatic rings. The molecule has 0 fully saturated rings. The van der Waals surface area contributed by atoms with Crippen LogP contribution in [-0.4, -0.2) is 77.7 Å². The molecule has 0 bridgehead atoms. The lowest BCUT2D eigenvalue weighted by atomic mass is 10.1. The summed E-state index contributed by atoms with van der Waals surface area (Å²) in [5.74, 6) is -3.65. The van der Waals surface area contributed by atoms with Crippen LogP contribution >= 0.6 is 0 Å². The van der Waals surface area contributed by atoms with Crippen LogP contribution in [0, 0.1) is 0 Å². The molecular weight excluding hydrogens is 434 g/mol. The highest BCUT2D eigenvalue weighted by atomic mass is 16.4. The van der Waals surface area contributed by atoms with Crippen LogP contribution in [0.2, 0.25) is 0 Å². The first-order chi connectivity index (χ1) is 15.6. The summed E-state index contributed by atoms with van der Waals surface area (Å²) in [6.07, 6.45) is 0.579. The summed E-state index contributed by atoms with van der Waals surface area (Å²) in [6.45, 7) is -1.08. The van der Waals surface area contributed by atoms with Crippen LogP contribution in [0.3, 0.4) is 0 Å². The van der Waals surface area contributed by atoms with Gasteiger partial charge in [0, 0.05) is 6.54 Å². The van der Waals surface area contributed by atoms with Gasteiger partial charge < -0.3 is 43.4 Å². The molecule has 3 amide bonds. The Bertz CT molecular complexity index is 829. The van der Waals surface area contributed by atoms with Crippen molar-refractivity contribution in [1.29, 1.82) is 0 Å². The third kappa shape index (κ3) is 10.9. The van der Waals surface area contributed by atoms with Crippen molar-refractivity contribution in [1.82, 2.24) is 16.0 Å². The van der Waals surface area contributed by atoms with Crippen molar-refractivity contribution in [3.05, 3.63) is 35.9 Å². The number of carboxylic acid groups (broad SMARTS) is 1. The van der Waals surface area contributed by atoms with Crippen molar-refractivity contribution in [3.8, 4) is 0 Å². The van der Waals surface area contributed by atoms with Gasteiger partial charge in [-0.1, -0.05) is 30.3 Å². The molecule has 1 rings (SSSR count). The smallest absolute Gasteiger partial charge is 0.326 e. The van der Waals surface area contributed by atoms with Gasteiger partial charge in [-0.15, -0.1) is 0 Å². The van der Waals surface area contributed by atoms with Crippen molar-refractivity contribution in [3.63, 3.8) is 0 Å². The van der Waals surface area contributed by atoms with Crippen molar-refractivity contribution in [2.24, 2.45) is 22.2 Å². The van der Waals surface area contributed by atoms with E-state index in [1.807, 2.05) is 30.3 Å². The quantitative estimate of drug-likeness (QED) is 0.0782. The van der Waals surface area contributed by atoms with Gasteiger partial charge in [0.2, 0.25) is 17.7 Å². The number of hydrogen-bond acceptors (Lipinski definition) is 7. The lowest BCUT2D eigenvalue weighted by Crippen LogP contribution is -2.55. The van der Waals surface area contributed by atoms with Crippen molar-refractivity contribution in [2.45, 2.75) is 37.4 Å². The van der Waals surface area contributed by atoms with Gasteiger partial charge >= 0.3 is 5.97 Å². The van der Waals surface area contributed by atoms with E-state index < -0.39 is 55.0 Å². The fraction of sp³-hybridized carbons (Fsp3) is 0.450. The highest BCUT2D eigenvalue weighted by Gasteiger charge is 2.26. The second-order valence-corrected chi connectivity index (χ2v) is 7.16. The number of carboxylic acids is 1. The highest BCUT2D eigenvalue weighted by molar-refractivity contribution is 5.92. The number of carbonyl (C=O) groups excluding carboxylic acids is 3. The van der Waals surface area contributed by atoms with Gasteiger partial charge in [-0.25, -0.2) is 4.79 Å². The number of nitrogens with zero attached hydrogens (tertiary/aromatic N) is 1. The maximum atomic E-state index is 12.3. The molecule has 0 saturated carbocycles. The minimum absolute atomic E-state index is 0.0271. The molecule has 0 aliphatic heterocycles. The highest BCUT2D eigenvalue weighted by Crippen LogP contribution is 2.02. The number of benzene rings is 1. The topological polar surface area (TPSA) is 235 Å². The second kappa shape index (κ2) is 14.4. The van der Waals surface area contributed by atoms with E-state index in [0.29, 0.717) is 0 Å². The summed E-state index contributed by atoms with van der Waals surface area (Å²) in [5, 5.41) is 25.5. The largest absolute Gasteiger partial charge is 0.480 e. The first kappa shape index (κ1) is 27.3. The number of amides is 3.